The van der Waals surface area contributed by atoms with Gasteiger partial charge in [0.2, 0.25) is 0 Å². The number of fused-ring (bicyclic) bond motifs is 3. The fraction of sp³-hybridized carbons (Fsp3) is 0.118. The smallest absolute Gasteiger partial charge is 0.0465 e. The maximum atomic E-state index is 2.38. The molecule has 0 radical (unpaired) electrons. The number of benzene rings is 5. The second-order valence-electron chi connectivity index (χ2n) is 9.99. The highest BCUT2D eigenvalue weighted by molar-refractivity contribution is 5.87. The van der Waals surface area contributed by atoms with Gasteiger partial charge in [0, 0.05) is 40.9 Å². The molecule has 176 valence electrons. The standard InChI is InChI=1S/C34H30N2/c1-34(2)32-23-28(35(3)25-13-7-4-8-14-25)19-21-30(32)31-22-20-29(24-33(31)34)36(26-15-9-5-10-16-26)27-17-11-6-12-18-27/h4-24H,1-3H3. The minimum absolute atomic E-state index is 0.104. The number of anilines is 5. The van der Waals surface area contributed by atoms with E-state index >= 15 is 0 Å². The highest BCUT2D eigenvalue weighted by Gasteiger charge is 2.36. The molecule has 6 rings (SSSR count). The lowest BCUT2D eigenvalue weighted by Gasteiger charge is -2.28. The van der Waals surface area contributed by atoms with Gasteiger partial charge in [-0.3, -0.25) is 0 Å². The minimum Gasteiger partial charge on any atom is -0.345 e. The third kappa shape index (κ3) is 3.67. The van der Waals surface area contributed by atoms with Crippen LogP contribution in [0.2, 0.25) is 0 Å². The number of hydrogen-bond acceptors (Lipinski definition) is 2. The molecule has 0 saturated heterocycles. The summed E-state index contributed by atoms with van der Waals surface area (Å²) in [7, 11) is 2.14. The predicted octanol–water partition coefficient (Wildman–Crippen LogP) is 9.23. The maximum Gasteiger partial charge on any atom is 0.0465 e. The molecule has 0 bridgehead atoms. The summed E-state index contributed by atoms with van der Waals surface area (Å²) in [6, 6.07) is 45.6. The lowest BCUT2D eigenvalue weighted by Crippen LogP contribution is -2.17. The summed E-state index contributed by atoms with van der Waals surface area (Å²) in [6.07, 6.45) is 0. The van der Waals surface area contributed by atoms with E-state index in [9.17, 15) is 0 Å². The van der Waals surface area contributed by atoms with E-state index in [1.54, 1.807) is 0 Å². The van der Waals surface area contributed by atoms with Gasteiger partial charge in [-0.25, -0.2) is 0 Å². The molecule has 0 saturated carbocycles. The predicted molar refractivity (Wildman–Crippen MR) is 153 cm³/mol. The quantitative estimate of drug-likeness (QED) is 0.255. The van der Waals surface area contributed by atoms with Gasteiger partial charge < -0.3 is 9.80 Å². The number of nitrogens with zero attached hydrogens (tertiary/aromatic N) is 2. The Hall–Kier alpha value is -4.30. The first-order valence-electron chi connectivity index (χ1n) is 12.5. The van der Waals surface area contributed by atoms with Crippen LogP contribution in [0.3, 0.4) is 0 Å². The Bertz CT molecular complexity index is 1470. The van der Waals surface area contributed by atoms with Crippen LogP contribution in [0.15, 0.2) is 127 Å². The first-order chi connectivity index (χ1) is 17.5. The van der Waals surface area contributed by atoms with E-state index in [1.807, 2.05) is 0 Å². The summed E-state index contributed by atoms with van der Waals surface area (Å²) >= 11 is 0. The Labute approximate surface area is 214 Å². The fourth-order valence-corrected chi connectivity index (χ4v) is 5.46. The van der Waals surface area contributed by atoms with Crippen LogP contribution in [0.4, 0.5) is 28.4 Å². The Morgan fingerprint density at radius 3 is 1.36 bits per heavy atom. The summed E-state index contributed by atoms with van der Waals surface area (Å²) in [6.45, 7) is 4.70. The highest BCUT2D eigenvalue weighted by atomic mass is 15.1. The largest absolute Gasteiger partial charge is 0.345 e. The second kappa shape index (κ2) is 8.73. The average molecular weight is 467 g/mol. The maximum absolute atomic E-state index is 2.38. The Morgan fingerprint density at radius 1 is 0.444 bits per heavy atom. The molecule has 2 heteroatoms. The van der Waals surface area contributed by atoms with Crippen LogP contribution >= 0.6 is 0 Å². The zero-order chi connectivity index (χ0) is 24.7. The molecule has 1 aliphatic rings. The topological polar surface area (TPSA) is 6.48 Å². The van der Waals surface area contributed by atoms with Crippen LogP contribution in [0, 0.1) is 0 Å². The van der Waals surface area contributed by atoms with E-state index in [2.05, 4.69) is 158 Å². The van der Waals surface area contributed by atoms with Gasteiger partial charge in [0.15, 0.2) is 0 Å². The first kappa shape index (κ1) is 22.2. The van der Waals surface area contributed by atoms with Gasteiger partial charge in [0.1, 0.15) is 0 Å². The number of rotatable bonds is 5. The molecule has 0 aliphatic heterocycles. The number of para-hydroxylation sites is 3. The van der Waals surface area contributed by atoms with Crippen molar-refractivity contribution in [3.05, 3.63) is 139 Å². The molecular weight excluding hydrogens is 436 g/mol. The van der Waals surface area contributed by atoms with E-state index in [1.165, 1.54) is 39.3 Å². The molecule has 0 heterocycles. The second-order valence-corrected chi connectivity index (χ2v) is 9.99. The van der Waals surface area contributed by atoms with Gasteiger partial charge in [0.25, 0.3) is 0 Å². The third-order valence-electron chi connectivity index (χ3n) is 7.46. The summed E-state index contributed by atoms with van der Waals surface area (Å²) in [5, 5.41) is 0. The van der Waals surface area contributed by atoms with Crippen molar-refractivity contribution in [3.63, 3.8) is 0 Å². The normalized spacial score (nSPS) is 13.1. The Kier molecular flexibility index (Phi) is 5.38. The van der Waals surface area contributed by atoms with Crippen molar-refractivity contribution in [1.29, 1.82) is 0 Å². The van der Waals surface area contributed by atoms with Gasteiger partial charge in [-0.05, 0) is 82.9 Å². The molecule has 0 atom stereocenters. The van der Waals surface area contributed by atoms with Crippen LogP contribution in [-0.2, 0) is 5.41 Å². The van der Waals surface area contributed by atoms with Gasteiger partial charge in [-0.2, -0.15) is 0 Å². The monoisotopic (exact) mass is 466 g/mol. The molecule has 1 aliphatic carbocycles. The van der Waals surface area contributed by atoms with Crippen LogP contribution in [-0.4, -0.2) is 7.05 Å². The molecule has 0 fully saturated rings. The van der Waals surface area contributed by atoms with Crippen molar-refractivity contribution < 1.29 is 0 Å². The van der Waals surface area contributed by atoms with Gasteiger partial charge in [-0.1, -0.05) is 80.6 Å². The van der Waals surface area contributed by atoms with Crippen LogP contribution in [0.5, 0.6) is 0 Å². The Balaban J connectivity index is 1.44. The first-order valence-corrected chi connectivity index (χ1v) is 12.5. The van der Waals surface area contributed by atoms with E-state index in [4.69, 9.17) is 0 Å². The van der Waals surface area contributed by atoms with E-state index in [0.717, 1.165) is 11.4 Å². The molecule has 0 spiro atoms. The minimum atomic E-state index is -0.104. The highest BCUT2D eigenvalue weighted by Crippen LogP contribution is 2.51. The molecule has 2 nitrogen and oxygen atoms in total. The van der Waals surface area contributed by atoms with Gasteiger partial charge >= 0.3 is 0 Å². The summed E-state index contributed by atoms with van der Waals surface area (Å²) in [5.41, 5.74) is 11.2. The molecule has 5 aromatic rings. The van der Waals surface area contributed by atoms with Crippen molar-refractivity contribution in [2.45, 2.75) is 19.3 Å². The zero-order valence-electron chi connectivity index (χ0n) is 21.0. The summed E-state index contributed by atoms with van der Waals surface area (Å²) in [5.74, 6) is 0. The lowest BCUT2D eigenvalue weighted by atomic mass is 9.82. The third-order valence-corrected chi connectivity index (χ3v) is 7.46. The van der Waals surface area contributed by atoms with Crippen molar-refractivity contribution in [1.82, 2.24) is 0 Å². The summed E-state index contributed by atoms with van der Waals surface area (Å²) < 4.78 is 0. The molecule has 0 amide bonds. The van der Waals surface area contributed by atoms with Crippen LogP contribution < -0.4 is 9.80 Å². The zero-order valence-corrected chi connectivity index (χ0v) is 21.0. The Morgan fingerprint density at radius 2 is 0.861 bits per heavy atom. The van der Waals surface area contributed by atoms with Crippen molar-refractivity contribution in [3.8, 4) is 11.1 Å². The fourth-order valence-electron chi connectivity index (χ4n) is 5.46. The molecule has 0 N–H and O–H groups in total. The van der Waals surface area contributed by atoms with E-state index in [0.29, 0.717) is 0 Å². The molecule has 0 unspecified atom stereocenters. The van der Waals surface area contributed by atoms with E-state index < -0.39 is 0 Å². The molecule has 5 aromatic carbocycles. The molecular formula is C34H30N2. The SMILES string of the molecule is CN(c1ccccc1)c1ccc2c(c1)C(C)(C)c1cc(N(c3ccccc3)c3ccccc3)ccc1-2. The van der Waals surface area contributed by atoms with Crippen molar-refractivity contribution in [2.24, 2.45) is 0 Å². The van der Waals surface area contributed by atoms with Gasteiger partial charge in [0.05, 0.1) is 0 Å². The molecule has 36 heavy (non-hydrogen) atoms. The van der Waals surface area contributed by atoms with Crippen molar-refractivity contribution in [2.75, 3.05) is 16.8 Å². The summed E-state index contributed by atoms with van der Waals surface area (Å²) in [4.78, 5) is 4.60. The number of hydrogen-bond donors (Lipinski definition) is 0. The lowest BCUT2D eigenvalue weighted by molar-refractivity contribution is 0.660. The van der Waals surface area contributed by atoms with Gasteiger partial charge in [-0.15, -0.1) is 0 Å². The molecule has 0 aromatic heterocycles. The van der Waals surface area contributed by atoms with Crippen LogP contribution in [0.1, 0.15) is 25.0 Å². The van der Waals surface area contributed by atoms with Crippen LogP contribution in [0.25, 0.3) is 11.1 Å². The average Bonchev–Trinajstić information content (AvgIpc) is 3.16. The van der Waals surface area contributed by atoms with E-state index in [-0.39, 0.29) is 5.41 Å². The van der Waals surface area contributed by atoms with Crippen molar-refractivity contribution >= 4 is 28.4 Å².